The maximum Gasteiger partial charge on any atom is 0.123 e. The van der Waals surface area contributed by atoms with Crippen LogP contribution in [0.4, 0.5) is 0 Å². The van der Waals surface area contributed by atoms with Gasteiger partial charge in [0.15, 0.2) is 0 Å². The van der Waals surface area contributed by atoms with Gasteiger partial charge in [0, 0.05) is 24.7 Å². The molecule has 1 N–H and O–H groups in total. The van der Waals surface area contributed by atoms with E-state index in [0.717, 1.165) is 37.4 Å². The Kier molecular flexibility index (Phi) is 5.15. The van der Waals surface area contributed by atoms with Gasteiger partial charge in [0.1, 0.15) is 12.4 Å². The first kappa shape index (κ1) is 14.9. The molecule has 3 heteroatoms. The predicted octanol–water partition coefficient (Wildman–Crippen LogP) is 3.05. The summed E-state index contributed by atoms with van der Waals surface area (Å²) in [5, 5.41) is 3.20. The zero-order valence-electron chi connectivity index (χ0n) is 13.2. The lowest BCUT2D eigenvalue weighted by atomic mass is 9.92. The monoisotopic (exact) mass is 288 g/mol. The quantitative estimate of drug-likeness (QED) is 0.871. The van der Waals surface area contributed by atoms with Gasteiger partial charge < -0.3 is 10.1 Å². The third-order valence-corrected chi connectivity index (χ3v) is 5.08. The molecule has 0 bridgehead atoms. The first-order chi connectivity index (χ1) is 10.4. The van der Waals surface area contributed by atoms with Crippen LogP contribution in [0.2, 0.25) is 0 Å². The third kappa shape index (κ3) is 3.58. The van der Waals surface area contributed by atoms with Crippen molar-refractivity contribution in [2.24, 2.45) is 5.92 Å². The summed E-state index contributed by atoms with van der Waals surface area (Å²) in [5.74, 6) is 2.00. The highest BCUT2D eigenvalue weighted by Crippen LogP contribution is 2.36. The van der Waals surface area contributed by atoms with Crippen molar-refractivity contribution < 1.29 is 4.74 Å². The summed E-state index contributed by atoms with van der Waals surface area (Å²) >= 11 is 0. The fourth-order valence-electron chi connectivity index (χ4n) is 4.09. The molecule has 1 aromatic carbocycles. The van der Waals surface area contributed by atoms with E-state index in [4.69, 9.17) is 4.74 Å². The number of nitrogens with zero attached hydrogens (tertiary/aromatic N) is 1. The Hall–Kier alpha value is -1.06. The van der Waals surface area contributed by atoms with E-state index < -0.39 is 0 Å². The molecule has 0 aromatic heterocycles. The Morgan fingerprint density at radius 1 is 1.19 bits per heavy atom. The molecule has 1 heterocycles. The minimum atomic E-state index is 0.809. The highest BCUT2D eigenvalue weighted by Gasteiger charge is 2.34. The number of piperidine rings is 1. The van der Waals surface area contributed by atoms with Gasteiger partial charge in [-0.25, -0.2) is 0 Å². The van der Waals surface area contributed by atoms with Crippen molar-refractivity contribution in [3.05, 3.63) is 29.8 Å². The number of hydrogen-bond acceptors (Lipinski definition) is 3. The van der Waals surface area contributed by atoms with E-state index in [1.165, 1.54) is 44.2 Å². The molecular formula is C18H28N2O. The van der Waals surface area contributed by atoms with Crippen LogP contribution in [0.15, 0.2) is 24.3 Å². The Bertz CT molecular complexity index is 449. The molecule has 2 atom stereocenters. The molecule has 0 radical (unpaired) electrons. The molecule has 2 unspecified atom stereocenters. The zero-order valence-corrected chi connectivity index (χ0v) is 13.2. The molecule has 21 heavy (non-hydrogen) atoms. The van der Waals surface area contributed by atoms with Gasteiger partial charge in [0.25, 0.3) is 0 Å². The van der Waals surface area contributed by atoms with Crippen LogP contribution in [0.25, 0.3) is 0 Å². The van der Waals surface area contributed by atoms with Crippen molar-refractivity contribution in [3.8, 4) is 5.75 Å². The third-order valence-electron chi connectivity index (χ3n) is 5.08. The Morgan fingerprint density at radius 2 is 2.05 bits per heavy atom. The topological polar surface area (TPSA) is 24.5 Å². The van der Waals surface area contributed by atoms with E-state index >= 15 is 0 Å². The summed E-state index contributed by atoms with van der Waals surface area (Å²) < 4.78 is 6.06. The first-order valence-corrected chi connectivity index (χ1v) is 8.48. The molecule has 1 saturated heterocycles. The zero-order chi connectivity index (χ0) is 14.5. The van der Waals surface area contributed by atoms with Gasteiger partial charge in [-0.2, -0.15) is 0 Å². The molecule has 1 aliphatic carbocycles. The van der Waals surface area contributed by atoms with Gasteiger partial charge in [-0.3, -0.25) is 4.90 Å². The van der Waals surface area contributed by atoms with E-state index in [-0.39, 0.29) is 0 Å². The Balaban J connectivity index is 1.51. The molecule has 116 valence electrons. The fraction of sp³-hybridized carbons (Fsp3) is 0.667. The molecule has 3 nitrogen and oxygen atoms in total. The van der Waals surface area contributed by atoms with Crippen LogP contribution < -0.4 is 10.1 Å². The van der Waals surface area contributed by atoms with Crippen molar-refractivity contribution in [2.45, 2.75) is 44.7 Å². The largest absolute Gasteiger partial charge is 0.492 e. The average Bonchev–Trinajstić information content (AvgIpc) is 2.99. The van der Waals surface area contributed by atoms with Crippen LogP contribution in [0, 0.1) is 5.92 Å². The predicted molar refractivity (Wildman–Crippen MR) is 86.6 cm³/mol. The van der Waals surface area contributed by atoms with Gasteiger partial charge in [-0.1, -0.05) is 24.6 Å². The maximum absolute atomic E-state index is 6.06. The van der Waals surface area contributed by atoms with Crippen LogP contribution >= 0.6 is 0 Å². The number of likely N-dealkylation sites (tertiary alicyclic amines) is 1. The highest BCUT2D eigenvalue weighted by atomic mass is 16.5. The molecular weight excluding hydrogens is 260 g/mol. The van der Waals surface area contributed by atoms with Crippen molar-refractivity contribution >= 4 is 0 Å². The lowest BCUT2D eigenvalue weighted by Crippen LogP contribution is -2.44. The van der Waals surface area contributed by atoms with Gasteiger partial charge in [0.05, 0.1) is 0 Å². The highest BCUT2D eigenvalue weighted by molar-refractivity contribution is 5.33. The van der Waals surface area contributed by atoms with E-state index in [1.54, 1.807) is 0 Å². The van der Waals surface area contributed by atoms with E-state index in [9.17, 15) is 0 Å². The summed E-state index contributed by atoms with van der Waals surface area (Å²) in [5.41, 5.74) is 1.25. The number of benzene rings is 1. The lowest BCUT2D eigenvalue weighted by Gasteiger charge is -2.37. The van der Waals surface area contributed by atoms with Gasteiger partial charge in [-0.05, 0) is 51.3 Å². The van der Waals surface area contributed by atoms with Crippen molar-refractivity contribution in [3.63, 3.8) is 0 Å². The number of hydrogen-bond donors (Lipinski definition) is 1. The molecule has 3 rings (SSSR count). The second-order valence-electron chi connectivity index (χ2n) is 6.42. The number of rotatable bonds is 6. The average molecular weight is 288 g/mol. The Labute approximate surface area is 128 Å². The fourth-order valence-corrected chi connectivity index (χ4v) is 4.09. The summed E-state index contributed by atoms with van der Waals surface area (Å²) in [4.78, 5) is 2.68. The van der Waals surface area contributed by atoms with Crippen LogP contribution in [0.1, 0.15) is 37.7 Å². The smallest absolute Gasteiger partial charge is 0.123 e. The molecule has 1 aromatic rings. The van der Waals surface area contributed by atoms with Crippen LogP contribution in [-0.2, 0) is 6.54 Å². The second-order valence-corrected chi connectivity index (χ2v) is 6.42. The molecule has 1 aliphatic heterocycles. The molecule has 1 saturated carbocycles. The molecule has 0 amide bonds. The number of nitrogens with one attached hydrogen (secondary N) is 1. The van der Waals surface area contributed by atoms with Crippen LogP contribution in [0.3, 0.4) is 0 Å². The minimum Gasteiger partial charge on any atom is -0.492 e. The summed E-state index contributed by atoms with van der Waals surface area (Å²) in [6, 6.07) is 9.20. The standard InChI is InChI=1S/C18H28N2O/c1-19-14-16-6-2-3-10-18(16)21-13-12-20-11-5-8-15-7-4-9-17(15)20/h2-3,6,10,15,17,19H,4-5,7-9,11-14H2,1H3. The minimum absolute atomic E-state index is 0.809. The molecule has 2 fully saturated rings. The number of para-hydroxylation sites is 1. The van der Waals surface area contributed by atoms with Crippen LogP contribution in [0.5, 0.6) is 5.75 Å². The van der Waals surface area contributed by atoms with Crippen molar-refractivity contribution in [1.29, 1.82) is 0 Å². The van der Waals surface area contributed by atoms with Gasteiger partial charge in [0.2, 0.25) is 0 Å². The van der Waals surface area contributed by atoms with E-state index in [1.807, 2.05) is 7.05 Å². The maximum atomic E-state index is 6.06. The van der Waals surface area contributed by atoms with Gasteiger partial charge >= 0.3 is 0 Å². The number of fused-ring (bicyclic) bond motifs is 1. The van der Waals surface area contributed by atoms with Gasteiger partial charge in [-0.15, -0.1) is 0 Å². The normalized spacial score (nSPS) is 25.8. The van der Waals surface area contributed by atoms with E-state index in [2.05, 4.69) is 34.5 Å². The summed E-state index contributed by atoms with van der Waals surface area (Å²) in [6.45, 7) is 4.02. The SMILES string of the molecule is CNCc1ccccc1OCCN1CCCC2CCCC21. The van der Waals surface area contributed by atoms with Crippen molar-refractivity contribution in [1.82, 2.24) is 10.2 Å². The molecule has 0 spiro atoms. The van der Waals surface area contributed by atoms with Crippen LogP contribution in [-0.4, -0.2) is 37.7 Å². The summed E-state index contributed by atoms with van der Waals surface area (Å²) in [6.07, 6.45) is 7.11. The number of ether oxygens (including phenoxy) is 1. The first-order valence-electron chi connectivity index (χ1n) is 8.48. The second kappa shape index (κ2) is 7.28. The van der Waals surface area contributed by atoms with E-state index in [0.29, 0.717) is 0 Å². The Morgan fingerprint density at radius 3 is 2.95 bits per heavy atom. The lowest BCUT2D eigenvalue weighted by molar-refractivity contribution is 0.0949. The molecule has 2 aliphatic rings. The summed E-state index contributed by atoms with van der Waals surface area (Å²) in [7, 11) is 1.98. The van der Waals surface area contributed by atoms with Crippen molar-refractivity contribution in [2.75, 3.05) is 26.7 Å².